The Kier molecular flexibility index (Phi) is 5.05. The summed E-state index contributed by atoms with van der Waals surface area (Å²) in [6, 6.07) is 18.4. The van der Waals surface area contributed by atoms with Gasteiger partial charge in [-0.2, -0.15) is 0 Å². The van der Waals surface area contributed by atoms with Crippen LogP contribution < -0.4 is 15.1 Å². The summed E-state index contributed by atoms with van der Waals surface area (Å²) in [7, 11) is 0. The Balaban J connectivity index is 1.77. The lowest BCUT2D eigenvalue weighted by Crippen LogP contribution is -2.29. The second-order valence-electron chi connectivity index (χ2n) is 8.52. The number of rotatable bonds is 4. The first-order valence-corrected chi connectivity index (χ1v) is 11.1. The highest BCUT2D eigenvalue weighted by molar-refractivity contribution is 6.10. The number of benzene rings is 3. The molecule has 4 aromatic rings. The quantitative estimate of drug-likeness (QED) is 0.399. The van der Waals surface area contributed by atoms with Gasteiger partial charge in [-0.3, -0.25) is 14.5 Å². The monoisotopic (exact) mass is 439 g/mol. The predicted molar refractivity (Wildman–Crippen MR) is 129 cm³/mol. The molecular formula is C28H25NO4. The Morgan fingerprint density at radius 3 is 2.24 bits per heavy atom. The average molecular weight is 440 g/mol. The molecule has 1 unspecified atom stereocenters. The Bertz CT molecular complexity index is 1430. The largest absolute Gasteiger partial charge is 0.494 e. The summed E-state index contributed by atoms with van der Waals surface area (Å²) in [6.45, 7) is 8.42. The minimum Gasteiger partial charge on any atom is -0.494 e. The number of carbonyl (C=O) groups excluding carboxylic acids is 1. The summed E-state index contributed by atoms with van der Waals surface area (Å²) >= 11 is 0. The number of hydrogen-bond acceptors (Lipinski definition) is 4. The van der Waals surface area contributed by atoms with Gasteiger partial charge in [0.05, 0.1) is 23.6 Å². The van der Waals surface area contributed by atoms with Gasteiger partial charge < -0.3 is 9.15 Å². The Morgan fingerprint density at radius 2 is 1.58 bits per heavy atom. The molecule has 2 heterocycles. The van der Waals surface area contributed by atoms with E-state index in [2.05, 4.69) is 0 Å². The van der Waals surface area contributed by atoms with Crippen LogP contribution in [0.3, 0.4) is 0 Å². The van der Waals surface area contributed by atoms with E-state index in [4.69, 9.17) is 9.15 Å². The van der Waals surface area contributed by atoms with Gasteiger partial charge in [-0.25, -0.2) is 0 Å². The number of fused-ring (bicyclic) bond motifs is 2. The van der Waals surface area contributed by atoms with E-state index in [-0.39, 0.29) is 17.1 Å². The molecule has 0 radical (unpaired) electrons. The van der Waals surface area contributed by atoms with E-state index in [1.54, 1.807) is 4.90 Å². The van der Waals surface area contributed by atoms with Gasteiger partial charge >= 0.3 is 0 Å². The van der Waals surface area contributed by atoms with Crippen molar-refractivity contribution in [2.45, 2.75) is 33.7 Å². The Labute approximate surface area is 192 Å². The topological polar surface area (TPSA) is 59.8 Å². The molecule has 0 saturated heterocycles. The molecule has 0 N–H and O–H groups in total. The number of nitrogens with zero attached hydrogens (tertiary/aromatic N) is 1. The molecule has 1 aliphatic rings. The smallest absolute Gasteiger partial charge is 0.295 e. The van der Waals surface area contributed by atoms with E-state index in [1.807, 2.05) is 88.4 Å². The van der Waals surface area contributed by atoms with Gasteiger partial charge in [-0.05, 0) is 80.8 Å². The van der Waals surface area contributed by atoms with Crippen LogP contribution in [0.1, 0.15) is 51.3 Å². The fourth-order valence-electron chi connectivity index (χ4n) is 4.43. The fraction of sp³-hybridized carbons (Fsp3) is 0.214. The second kappa shape index (κ2) is 7.93. The van der Waals surface area contributed by atoms with Gasteiger partial charge in [0.2, 0.25) is 5.76 Å². The van der Waals surface area contributed by atoms with Crippen molar-refractivity contribution in [1.29, 1.82) is 0 Å². The molecule has 166 valence electrons. The highest BCUT2D eigenvalue weighted by atomic mass is 16.5. The minimum atomic E-state index is -0.590. The van der Waals surface area contributed by atoms with Crippen LogP contribution in [-0.4, -0.2) is 12.5 Å². The summed E-state index contributed by atoms with van der Waals surface area (Å²) in [5, 5.41) is 0.492. The van der Waals surface area contributed by atoms with Crippen LogP contribution >= 0.6 is 0 Å². The average Bonchev–Trinajstić information content (AvgIpc) is 3.09. The Morgan fingerprint density at radius 1 is 0.909 bits per heavy atom. The maximum atomic E-state index is 13.7. The zero-order valence-electron chi connectivity index (χ0n) is 19.1. The zero-order valence-corrected chi connectivity index (χ0v) is 19.1. The molecule has 0 spiro atoms. The van der Waals surface area contributed by atoms with Crippen molar-refractivity contribution in [2.75, 3.05) is 11.5 Å². The summed E-state index contributed by atoms with van der Waals surface area (Å²) in [5.41, 5.74) is 5.28. The third kappa shape index (κ3) is 3.41. The van der Waals surface area contributed by atoms with E-state index >= 15 is 0 Å². The van der Waals surface area contributed by atoms with Gasteiger partial charge in [0.15, 0.2) is 5.43 Å². The van der Waals surface area contributed by atoms with Gasteiger partial charge in [0.25, 0.3) is 5.91 Å². The number of aryl methyl sites for hydroxylation is 3. The maximum absolute atomic E-state index is 13.7. The minimum absolute atomic E-state index is 0.107. The SMILES string of the molecule is CCOc1ccc(C2c3c(oc4cc(C)c(C)cc4c3=O)C(=O)N2c2ccc(C)cc2)cc1. The van der Waals surface area contributed by atoms with Crippen LogP contribution in [0.25, 0.3) is 11.0 Å². The van der Waals surface area contributed by atoms with Gasteiger partial charge in [0.1, 0.15) is 11.3 Å². The standard InChI is InChI=1S/C28H25NO4/c1-5-32-21-12-8-19(9-13-21)25-24-26(30)22-14-17(3)18(4)15-23(22)33-27(24)28(31)29(25)20-10-6-16(2)7-11-20/h6-15,25H,5H2,1-4H3. The van der Waals surface area contributed by atoms with Crippen molar-refractivity contribution in [3.63, 3.8) is 0 Å². The maximum Gasteiger partial charge on any atom is 0.295 e. The molecule has 0 fully saturated rings. The molecule has 0 aliphatic carbocycles. The van der Waals surface area contributed by atoms with E-state index in [9.17, 15) is 9.59 Å². The van der Waals surface area contributed by atoms with Gasteiger partial charge in [-0.15, -0.1) is 0 Å². The lowest BCUT2D eigenvalue weighted by molar-refractivity contribution is 0.0971. The number of amides is 1. The third-order valence-electron chi connectivity index (χ3n) is 6.31. The van der Waals surface area contributed by atoms with E-state index in [1.165, 1.54) is 0 Å². The number of hydrogen-bond donors (Lipinski definition) is 0. The summed E-state index contributed by atoms with van der Waals surface area (Å²) in [4.78, 5) is 29.1. The molecule has 1 atom stereocenters. The van der Waals surface area contributed by atoms with Gasteiger partial charge in [0, 0.05) is 5.69 Å². The van der Waals surface area contributed by atoms with Crippen molar-refractivity contribution in [1.82, 2.24) is 0 Å². The van der Waals surface area contributed by atoms with Crippen molar-refractivity contribution in [3.05, 3.63) is 104 Å². The number of carbonyl (C=O) groups is 1. The highest BCUT2D eigenvalue weighted by Gasteiger charge is 2.43. The van der Waals surface area contributed by atoms with Crippen LogP contribution in [0.2, 0.25) is 0 Å². The van der Waals surface area contributed by atoms with Crippen molar-refractivity contribution < 1.29 is 13.9 Å². The second-order valence-corrected chi connectivity index (χ2v) is 8.52. The van der Waals surface area contributed by atoms with Crippen LogP contribution in [0.4, 0.5) is 5.69 Å². The normalized spacial score (nSPS) is 15.2. The number of anilines is 1. The van der Waals surface area contributed by atoms with Crippen LogP contribution in [-0.2, 0) is 0 Å². The molecular weight excluding hydrogens is 414 g/mol. The van der Waals surface area contributed by atoms with Crippen LogP contribution in [0, 0.1) is 20.8 Å². The van der Waals surface area contributed by atoms with Crippen molar-refractivity contribution >= 4 is 22.6 Å². The molecule has 0 saturated carbocycles. The lowest BCUT2D eigenvalue weighted by Gasteiger charge is -2.25. The van der Waals surface area contributed by atoms with E-state index < -0.39 is 6.04 Å². The molecule has 1 amide bonds. The predicted octanol–water partition coefficient (Wildman–Crippen LogP) is 5.87. The number of ether oxygens (including phenoxy) is 1. The molecule has 5 rings (SSSR count). The first-order chi connectivity index (χ1) is 15.9. The van der Waals surface area contributed by atoms with Crippen molar-refractivity contribution in [3.8, 4) is 5.75 Å². The summed E-state index contributed by atoms with van der Waals surface area (Å²) in [5.74, 6) is 0.532. The molecule has 0 bridgehead atoms. The fourth-order valence-corrected chi connectivity index (χ4v) is 4.43. The first-order valence-electron chi connectivity index (χ1n) is 11.1. The highest BCUT2D eigenvalue weighted by Crippen LogP contribution is 2.41. The molecule has 1 aliphatic heterocycles. The summed E-state index contributed by atoms with van der Waals surface area (Å²) < 4.78 is 11.7. The summed E-state index contributed by atoms with van der Waals surface area (Å²) in [6.07, 6.45) is 0. The third-order valence-corrected chi connectivity index (χ3v) is 6.31. The molecule has 5 heteroatoms. The van der Waals surface area contributed by atoms with E-state index in [0.29, 0.717) is 28.8 Å². The van der Waals surface area contributed by atoms with Crippen LogP contribution in [0.5, 0.6) is 5.75 Å². The molecule has 3 aromatic carbocycles. The molecule has 33 heavy (non-hydrogen) atoms. The zero-order chi connectivity index (χ0) is 23.3. The lowest BCUT2D eigenvalue weighted by atomic mass is 9.97. The van der Waals surface area contributed by atoms with Crippen LogP contribution in [0.15, 0.2) is 69.9 Å². The van der Waals surface area contributed by atoms with E-state index in [0.717, 1.165) is 28.0 Å². The van der Waals surface area contributed by atoms with Crippen molar-refractivity contribution in [2.24, 2.45) is 0 Å². The van der Waals surface area contributed by atoms with Gasteiger partial charge in [-0.1, -0.05) is 29.8 Å². The first kappa shape index (κ1) is 21.0. The molecule has 5 nitrogen and oxygen atoms in total. The Hall–Kier alpha value is -3.86. The molecule has 1 aromatic heterocycles.